The van der Waals surface area contributed by atoms with E-state index in [1.54, 1.807) is 35.1 Å². The highest BCUT2D eigenvalue weighted by Gasteiger charge is 2.22. The molecular weight excluding hydrogens is 373 g/mol. The second-order valence-corrected chi connectivity index (χ2v) is 6.78. The van der Waals surface area contributed by atoms with Crippen molar-refractivity contribution in [1.29, 1.82) is 0 Å². The van der Waals surface area contributed by atoms with E-state index in [1.165, 1.54) is 12.1 Å². The van der Waals surface area contributed by atoms with Gasteiger partial charge < -0.3 is 14.7 Å². The molecule has 0 fully saturated rings. The molecule has 2 heterocycles. The van der Waals surface area contributed by atoms with Crippen molar-refractivity contribution < 1.29 is 13.6 Å². The van der Waals surface area contributed by atoms with Crippen molar-refractivity contribution >= 4 is 16.9 Å². The van der Waals surface area contributed by atoms with Crippen molar-refractivity contribution in [2.45, 2.75) is 18.9 Å². The first kappa shape index (κ1) is 18.7. The van der Waals surface area contributed by atoms with Gasteiger partial charge in [0.25, 0.3) is 0 Å². The van der Waals surface area contributed by atoms with Crippen LogP contribution in [-0.2, 0) is 17.8 Å². The highest BCUT2D eigenvalue weighted by molar-refractivity contribution is 5.84. The summed E-state index contributed by atoms with van der Waals surface area (Å²) in [4.78, 5) is 27.8. The third kappa shape index (κ3) is 4.13. The summed E-state index contributed by atoms with van der Waals surface area (Å²) in [5.41, 5.74) is 2.03. The molecule has 0 saturated carbocycles. The molecule has 0 saturated heterocycles. The summed E-state index contributed by atoms with van der Waals surface area (Å²) >= 11 is 0. The quantitative estimate of drug-likeness (QED) is 0.506. The molecule has 2 aromatic heterocycles. The molecule has 2 N–H and O–H groups in total. The molecule has 4 aromatic rings. The molecular formula is C22H20FN3O3. The van der Waals surface area contributed by atoms with Gasteiger partial charge in [-0.2, -0.15) is 0 Å². The minimum absolute atomic E-state index is 0.208. The van der Waals surface area contributed by atoms with Gasteiger partial charge in [-0.15, -0.1) is 0 Å². The normalized spacial score (nSPS) is 12.2. The molecule has 0 radical (unpaired) electrons. The van der Waals surface area contributed by atoms with Crippen LogP contribution in [-0.4, -0.2) is 22.0 Å². The molecule has 1 atom stereocenters. The highest BCUT2D eigenvalue weighted by atomic mass is 19.1. The van der Waals surface area contributed by atoms with Crippen LogP contribution < -0.4 is 11.0 Å². The van der Waals surface area contributed by atoms with Crippen molar-refractivity contribution in [2.24, 2.45) is 0 Å². The largest absolute Gasteiger partial charge is 0.469 e. The third-order valence-electron chi connectivity index (χ3n) is 4.89. The minimum Gasteiger partial charge on any atom is -0.469 e. The van der Waals surface area contributed by atoms with Gasteiger partial charge in [-0.05, 0) is 42.0 Å². The zero-order valence-electron chi connectivity index (χ0n) is 15.6. The predicted molar refractivity (Wildman–Crippen MR) is 107 cm³/mol. The van der Waals surface area contributed by atoms with Gasteiger partial charge in [0, 0.05) is 19.5 Å². The molecule has 0 spiro atoms. The van der Waals surface area contributed by atoms with Gasteiger partial charge in [0.2, 0.25) is 5.91 Å². The smallest absolute Gasteiger partial charge is 0.326 e. The van der Waals surface area contributed by atoms with Gasteiger partial charge in [0.05, 0.1) is 23.2 Å². The second-order valence-electron chi connectivity index (χ2n) is 6.78. The molecule has 7 heteroatoms. The van der Waals surface area contributed by atoms with Crippen molar-refractivity contribution in [1.82, 2.24) is 14.9 Å². The SMILES string of the molecule is O=C(NCCn1c(=O)[nH]c2ccccc21)C(Cc1ccco1)c1ccc(F)cc1. The number of imidazole rings is 1. The van der Waals surface area contributed by atoms with Gasteiger partial charge >= 0.3 is 5.69 Å². The number of nitrogens with one attached hydrogen (secondary N) is 2. The molecule has 1 amide bonds. The number of hydrogen-bond acceptors (Lipinski definition) is 3. The Morgan fingerprint density at radius 3 is 2.66 bits per heavy atom. The molecule has 4 rings (SSSR count). The summed E-state index contributed by atoms with van der Waals surface area (Å²) in [5.74, 6) is -0.422. The summed E-state index contributed by atoms with van der Waals surface area (Å²) in [5, 5.41) is 2.89. The van der Waals surface area contributed by atoms with E-state index in [1.807, 2.05) is 24.3 Å². The number of carbonyl (C=O) groups excluding carboxylic acids is 1. The van der Waals surface area contributed by atoms with Crippen LogP contribution >= 0.6 is 0 Å². The van der Waals surface area contributed by atoms with Crippen LogP contribution in [0.3, 0.4) is 0 Å². The number of hydrogen-bond donors (Lipinski definition) is 2. The van der Waals surface area contributed by atoms with Crippen molar-refractivity contribution in [3.63, 3.8) is 0 Å². The van der Waals surface area contributed by atoms with Gasteiger partial charge in [0.15, 0.2) is 0 Å². The lowest BCUT2D eigenvalue weighted by Crippen LogP contribution is -2.34. The molecule has 0 aliphatic carbocycles. The number of amides is 1. The first-order valence-electron chi connectivity index (χ1n) is 9.35. The Kier molecular flexibility index (Phi) is 5.29. The topological polar surface area (TPSA) is 80.0 Å². The summed E-state index contributed by atoms with van der Waals surface area (Å²) in [7, 11) is 0. The Bertz CT molecular complexity index is 1160. The Labute approximate surface area is 166 Å². The van der Waals surface area contributed by atoms with E-state index in [0.717, 1.165) is 11.0 Å². The molecule has 0 bridgehead atoms. The monoisotopic (exact) mass is 393 g/mol. The van der Waals surface area contributed by atoms with Crippen LogP contribution in [0.5, 0.6) is 0 Å². The zero-order chi connectivity index (χ0) is 20.2. The fraction of sp³-hybridized carbons (Fsp3) is 0.182. The van der Waals surface area contributed by atoms with E-state index in [9.17, 15) is 14.0 Å². The summed E-state index contributed by atoms with van der Waals surface area (Å²) in [6, 6.07) is 16.8. The molecule has 2 aromatic carbocycles. The van der Waals surface area contributed by atoms with E-state index < -0.39 is 5.92 Å². The maximum atomic E-state index is 13.3. The summed E-state index contributed by atoms with van der Waals surface area (Å²) in [6.45, 7) is 0.627. The van der Waals surface area contributed by atoms with Crippen LogP contribution in [0.1, 0.15) is 17.2 Å². The van der Waals surface area contributed by atoms with Crippen LogP contribution in [0.25, 0.3) is 11.0 Å². The van der Waals surface area contributed by atoms with E-state index in [2.05, 4.69) is 10.3 Å². The number of aromatic amines is 1. The first-order valence-corrected chi connectivity index (χ1v) is 9.35. The lowest BCUT2D eigenvalue weighted by atomic mass is 9.93. The third-order valence-corrected chi connectivity index (χ3v) is 4.89. The second kappa shape index (κ2) is 8.18. The number of furan rings is 1. The van der Waals surface area contributed by atoms with E-state index in [0.29, 0.717) is 24.3 Å². The number of nitrogens with zero attached hydrogens (tertiary/aromatic N) is 1. The van der Waals surface area contributed by atoms with E-state index in [4.69, 9.17) is 4.42 Å². The maximum Gasteiger partial charge on any atom is 0.326 e. The van der Waals surface area contributed by atoms with Crippen LogP contribution in [0.4, 0.5) is 4.39 Å². The van der Waals surface area contributed by atoms with Gasteiger partial charge in [-0.1, -0.05) is 24.3 Å². The molecule has 0 aliphatic heterocycles. The molecule has 29 heavy (non-hydrogen) atoms. The van der Waals surface area contributed by atoms with Gasteiger partial charge in [-0.3, -0.25) is 9.36 Å². The average molecular weight is 393 g/mol. The number of carbonyl (C=O) groups is 1. The molecule has 1 unspecified atom stereocenters. The first-order chi connectivity index (χ1) is 14.1. The van der Waals surface area contributed by atoms with Crippen molar-refractivity contribution in [3.8, 4) is 0 Å². The average Bonchev–Trinajstić information content (AvgIpc) is 3.34. The lowest BCUT2D eigenvalue weighted by molar-refractivity contribution is -0.122. The molecule has 6 nitrogen and oxygen atoms in total. The Morgan fingerprint density at radius 2 is 1.90 bits per heavy atom. The fourth-order valence-corrected chi connectivity index (χ4v) is 3.43. The van der Waals surface area contributed by atoms with Crippen molar-refractivity contribution in [3.05, 3.63) is 94.6 Å². The lowest BCUT2D eigenvalue weighted by Gasteiger charge is -2.16. The van der Waals surface area contributed by atoms with E-state index >= 15 is 0 Å². The van der Waals surface area contributed by atoms with Crippen LogP contribution in [0.2, 0.25) is 0 Å². The van der Waals surface area contributed by atoms with Crippen molar-refractivity contribution in [2.75, 3.05) is 6.54 Å². The number of fused-ring (bicyclic) bond motifs is 1. The Balaban J connectivity index is 1.48. The summed E-state index contributed by atoms with van der Waals surface area (Å²) in [6.07, 6.45) is 1.91. The molecule has 148 valence electrons. The van der Waals surface area contributed by atoms with Gasteiger partial charge in [0.1, 0.15) is 11.6 Å². The maximum absolute atomic E-state index is 13.3. The number of rotatable bonds is 7. The number of para-hydroxylation sites is 2. The Morgan fingerprint density at radius 1 is 1.10 bits per heavy atom. The van der Waals surface area contributed by atoms with Crippen LogP contribution in [0, 0.1) is 5.82 Å². The number of benzene rings is 2. The van der Waals surface area contributed by atoms with Gasteiger partial charge in [-0.25, -0.2) is 9.18 Å². The predicted octanol–water partition coefficient (Wildman–Crippen LogP) is 3.20. The standard InChI is InChI=1S/C22H20FN3O3/c23-16-9-7-15(8-10-16)18(14-17-4-3-13-29-17)21(27)24-11-12-26-20-6-2-1-5-19(20)25-22(26)28/h1-10,13,18H,11-12,14H2,(H,24,27)(H,25,28). The molecule has 0 aliphatic rings. The number of aromatic nitrogens is 2. The zero-order valence-corrected chi connectivity index (χ0v) is 15.6. The minimum atomic E-state index is -0.526. The number of halogens is 1. The fourth-order valence-electron chi connectivity index (χ4n) is 3.43. The highest BCUT2D eigenvalue weighted by Crippen LogP contribution is 2.22. The van der Waals surface area contributed by atoms with E-state index in [-0.39, 0.29) is 24.0 Å². The number of H-pyrrole nitrogens is 1. The van der Waals surface area contributed by atoms with Crippen LogP contribution in [0.15, 0.2) is 76.1 Å². The Hall–Kier alpha value is -3.61. The summed E-state index contributed by atoms with van der Waals surface area (Å²) < 4.78 is 20.3.